The highest BCUT2D eigenvalue weighted by atomic mass is 35.5. The molecular weight excluding hydrogens is 388 g/mol. The minimum atomic E-state index is -0.714. The van der Waals surface area contributed by atoms with Gasteiger partial charge in [-0.25, -0.2) is 4.98 Å². The third-order valence-electron chi connectivity index (χ3n) is 5.44. The van der Waals surface area contributed by atoms with Gasteiger partial charge in [-0.3, -0.25) is 14.3 Å². The van der Waals surface area contributed by atoms with Crippen LogP contribution < -0.4 is 10.5 Å². The number of anilines is 1. The van der Waals surface area contributed by atoms with Crippen LogP contribution in [0.15, 0.2) is 59.7 Å². The molecule has 2 aromatic heterocycles. The first-order chi connectivity index (χ1) is 14.1. The average Bonchev–Trinajstić information content (AvgIpc) is 2.75. The molecule has 1 aliphatic heterocycles. The molecule has 0 spiro atoms. The second kappa shape index (κ2) is 8.35. The van der Waals surface area contributed by atoms with E-state index in [2.05, 4.69) is 16.8 Å². The zero-order valence-electron chi connectivity index (χ0n) is 16.2. The Morgan fingerprint density at radius 2 is 1.93 bits per heavy atom. The Bertz CT molecular complexity index is 1040. The highest BCUT2D eigenvalue weighted by molar-refractivity contribution is 6.30. The Balaban J connectivity index is 1.73. The van der Waals surface area contributed by atoms with Crippen molar-refractivity contribution in [2.75, 3.05) is 11.4 Å². The number of pyridine rings is 1. The normalized spacial score (nSPS) is 17.1. The van der Waals surface area contributed by atoms with E-state index in [-0.39, 0.29) is 11.6 Å². The van der Waals surface area contributed by atoms with Gasteiger partial charge in [-0.1, -0.05) is 30.7 Å². The van der Waals surface area contributed by atoms with Gasteiger partial charge in [0.15, 0.2) is 0 Å². The quantitative estimate of drug-likeness (QED) is 0.694. The summed E-state index contributed by atoms with van der Waals surface area (Å²) in [6.45, 7) is 3.10. The number of hydrogen-bond acceptors (Lipinski definition) is 5. The van der Waals surface area contributed by atoms with Gasteiger partial charge in [0.1, 0.15) is 0 Å². The molecule has 0 aliphatic carbocycles. The van der Waals surface area contributed by atoms with Crippen LogP contribution in [0.2, 0.25) is 5.02 Å². The van der Waals surface area contributed by atoms with Gasteiger partial charge in [0.05, 0.1) is 18.3 Å². The average molecular weight is 411 g/mol. The van der Waals surface area contributed by atoms with Gasteiger partial charge < -0.3 is 10.0 Å². The molecule has 1 aliphatic rings. The van der Waals surface area contributed by atoms with Crippen molar-refractivity contribution < 1.29 is 5.11 Å². The Hall–Kier alpha value is -2.70. The third kappa shape index (κ3) is 4.04. The molecule has 0 bridgehead atoms. The molecule has 2 atom stereocenters. The van der Waals surface area contributed by atoms with E-state index in [9.17, 15) is 9.90 Å². The number of hydrogen-bond donors (Lipinski definition) is 1. The largest absolute Gasteiger partial charge is 0.387 e. The molecule has 0 radical (unpaired) electrons. The molecule has 0 saturated carbocycles. The highest BCUT2D eigenvalue weighted by Gasteiger charge is 2.29. The van der Waals surface area contributed by atoms with Gasteiger partial charge in [0.2, 0.25) is 5.95 Å². The molecule has 0 amide bonds. The summed E-state index contributed by atoms with van der Waals surface area (Å²) in [6.07, 6.45) is 4.40. The number of aliphatic hydroxyl groups excluding tert-OH is 1. The summed E-state index contributed by atoms with van der Waals surface area (Å²) in [7, 11) is 0. The first-order valence-electron chi connectivity index (χ1n) is 9.79. The van der Waals surface area contributed by atoms with E-state index in [1.54, 1.807) is 35.2 Å². The number of aliphatic hydroxyl groups is 1. The lowest BCUT2D eigenvalue weighted by molar-refractivity contribution is 0.176. The summed E-state index contributed by atoms with van der Waals surface area (Å²) in [5.41, 5.74) is 2.17. The summed E-state index contributed by atoms with van der Waals surface area (Å²) in [5, 5.41) is 11.5. The predicted octanol–water partition coefficient (Wildman–Crippen LogP) is 3.68. The maximum atomic E-state index is 12.8. The minimum absolute atomic E-state index is 0.0812. The van der Waals surface area contributed by atoms with E-state index in [4.69, 9.17) is 16.6 Å². The van der Waals surface area contributed by atoms with E-state index >= 15 is 0 Å². The van der Waals surface area contributed by atoms with Crippen LogP contribution in [0.1, 0.15) is 31.4 Å². The second-order valence-electron chi connectivity index (χ2n) is 7.24. The molecule has 150 valence electrons. The molecule has 4 rings (SSSR count). The van der Waals surface area contributed by atoms with Gasteiger partial charge in [-0.15, -0.1) is 0 Å². The molecule has 3 aromatic rings. The first-order valence-corrected chi connectivity index (χ1v) is 10.2. The molecule has 6 nitrogen and oxygen atoms in total. The molecule has 1 aromatic carbocycles. The van der Waals surface area contributed by atoms with Crippen molar-refractivity contribution >= 4 is 17.5 Å². The number of fused-ring (bicyclic) bond motifs is 1. The van der Waals surface area contributed by atoms with Crippen molar-refractivity contribution in [3.8, 4) is 11.3 Å². The molecule has 0 saturated heterocycles. The topological polar surface area (TPSA) is 71.2 Å². The van der Waals surface area contributed by atoms with Crippen LogP contribution in [0.4, 0.5) is 5.95 Å². The Labute approximate surface area is 174 Å². The lowest BCUT2D eigenvalue weighted by Crippen LogP contribution is -2.47. The van der Waals surface area contributed by atoms with E-state index < -0.39 is 6.10 Å². The van der Waals surface area contributed by atoms with Crippen LogP contribution in [0, 0.1) is 0 Å². The fourth-order valence-electron chi connectivity index (χ4n) is 3.82. The van der Waals surface area contributed by atoms with Gasteiger partial charge in [-0.05, 0) is 42.7 Å². The standard InChI is InChI=1S/C22H23ClN4O2/c1-2-18-9-12-26-21(29)13-19(15-7-10-24-11-8-15)25-22(26)27(18)14-20(28)16-3-5-17(23)6-4-16/h3-8,10-11,13,18,20,28H,2,9,12,14H2,1H3. The van der Waals surface area contributed by atoms with Gasteiger partial charge in [0, 0.05) is 41.6 Å². The number of nitrogens with zero attached hydrogens (tertiary/aromatic N) is 4. The fourth-order valence-corrected chi connectivity index (χ4v) is 3.95. The third-order valence-corrected chi connectivity index (χ3v) is 5.70. The zero-order valence-corrected chi connectivity index (χ0v) is 17.0. The lowest BCUT2D eigenvalue weighted by atomic mass is 10.0. The van der Waals surface area contributed by atoms with Crippen molar-refractivity contribution in [2.24, 2.45) is 0 Å². The van der Waals surface area contributed by atoms with Crippen molar-refractivity contribution in [3.05, 3.63) is 75.8 Å². The van der Waals surface area contributed by atoms with E-state index in [0.29, 0.717) is 29.8 Å². The van der Waals surface area contributed by atoms with E-state index in [1.165, 1.54) is 0 Å². The zero-order chi connectivity index (χ0) is 20.4. The van der Waals surface area contributed by atoms with Crippen LogP contribution in [-0.2, 0) is 6.54 Å². The van der Waals surface area contributed by atoms with Gasteiger partial charge in [0.25, 0.3) is 5.56 Å². The SMILES string of the molecule is CCC1CCn2c(nc(-c3ccncc3)cc2=O)N1CC(O)c1ccc(Cl)cc1. The molecule has 1 N–H and O–H groups in total. The lowest BCUT2D eigenvalue weighted by Gasteiger charge is -2.39. The van der Waals surface area contributed by atoms with E-state index in [0.717, 1.165) is 24.0 Å². The van der Waals surface area contributed by atoms with Crippen molar-refractivity contribution in [2.45, 2.75) is 38.5 Å². The molecular formula is C22H23ClN4O2. The van der Waals surface area contributed by atoms with Crippen LogP contribution in [0.25, 0.3) is 11.3 Å². The minimum Gasteiger partial charge on any atom is -0.387 e. The summed E-state index contributed by atoms with van der Waals surface area (Å²) >= 11 is 5.97. The molecule has 2 unspecified atom stereocenters. The van der Waals surface area contributed by atoms with Gasteiger partial charge in [-0.2, -0.15) is 0 Å². The summed E-state index contributed by atoms with van der Waals surface area (Å²) in [6, 6.07) is 12.6. The van der Waals surface area contributed by atoms with Crippen LogP contribution in [0.5, 0.6) is 0 Å². The monoisotopic (exact) mass is 410 g/mol. The Morgan fingerprint density at radius 3 is 2.62 bits per heavy atom. The summed E-state index contributed by atoms with van der Waals surface area (Å²) < 4.78 is 1.70. The second-order valence-corrected chi connectivity index (χ2v) is 7.67. The number of halogens is 1. The molecule has 0 fully saturated rings. The summed E-state index contributed by atoms with van der Waals surface area (Å²) in [4.78, 5) is 23.7. The van der Waals surface area contributed by atoms with Gasteiger partial charge >= 0.3 is 0 Å². The first kappa shape index (κ1) is 19.6. The number of benzene rings is 1. The van der Waals surface area contributed by atoms with Crippen molar-refractivity contribution in [3.63, 3.8) is 0 Å². The van der Waals surface area contributed by atoms with Crippen LogP contribution in [-0.4, -0.2) is 32.2 Å². The highest BCUT2D eigenvalue weighted by Crippen LogP contribution is 2.29. The Morgan fingerprint density at radius 1 is 1.21 bits per heavy atom. The summed E-state index contributed by atoms with van der Waals surface area (Å²) in [5.74, 6) is 0.607. The predicted molar refractivity (Wildman–Crippen MR) is 114 cm³/mol. The smallest absolute Gasteiger partial charge is 0.255 e. The maximum absolute atomic E-state index is 12.8. The van der Waals surface area contributed by atoms with E-state index in [1.807, 2.05) is 24.3 Å². The van der Waals surface area contributed by atoms with Crippen LogP contribution >= 0.6 is 11.6 Å². The Kier molecular flexibility index (Phi) is 5.65. The van der Waals surface area contributed by atoms with Crippen molar-refractivity contribution in [1.82, 2.24) is 14.5 Å². The van der Waals surface area contributed by atoms with Crippen LogP contribution in [0.3, 0.4) is 0 Å². The molecule has 29 heavy (non-hydrogen) atoms. The fraction of sp³-hybridized carbons (Fsp3) is 0.318. The molecule has 7 heteroatoms. The number of rotatable bonds is 5. The van der Waals surface area contributed by atoms with Crippen molar-refractivity contribution in [1.29, 1.82) is 0 Å². The maximum Gasteiger partial charge on any atom is 0.255 e. The number of β-amino-alcohol motifs (C(OH)–C–C–N with tert-alkyl or cyclic N) is 1. The molecule has 3 heterocycles. The number of aromatic nitrogens is 3.